The van der Waals surface area contributed by atoms with Gasteiger partial charge in [-0.15, -0.1) is 0 Å². The molecule has 0 saturated heterocycles. The van der Waals surface area contributed by atoms with Gasteiger partial charge in [0.2, 0.25) is 0 Å². The lowest BCUT2D eigenvalue weighted by Crippen LogP contribution is -1.99. The average Bonchev–Trinajstić information content (AvgIpc) is 2.41. The highest BCUT2D eigenvalue weighted by atomic mass is 35.5. The van der Waals surface area contributed by atoms with Crippen LogP contribution in [0.1, 0.15) is 5.56 Å². The van der Waals surface area contributed by atoms with Crippen LogP contribution < -0.4 is 10.1 Å². The molecule has 0 saturated carbocycles. The summed E-state index contributed by atoms with van der Waals surface area (Å²) >= 11 is 5.83. The van der Waals surface area contributed by atoms with Crippen LogP contribution in [0.4, 0.5) is 5.69 Å². The van der Waals surface area contributed by atoms with Crippen LogP contribution in [0.5, 0.6) is 11.5 Å². The van der Waals surface area contributed by atoms with Gasteiger partial charge in [0.1, 0.15) is 11.5 Å². The van der Waals surface area contributed by atoms with Crippen molar-refractivity contribution in [3.63, 3.8) is 0 Å². The van der Waals surface area contributed by atoms with Crippen LogP contribution in [0.3, 0.4) is 0 Å². The van der Waals surface area contributed by atoms with Crippen LogP contribution in [0.25, 0.3) is 0 Å². The topological polar surface area (TPSA) is 41.5 Å². The molecule has 18 heavy (non-hydrogen) atoms. The summed E-state index contributed by atoms with van der Waals surface area (Å²) in [7, 11) is 1.64. The van der Waals surface area contributed by atoms with E-state index < -0.39 is 0 Å². The molecule has 0 unspecified atom stereocenters. The fourth-order valence-electron chi connectivity index (χ4n) is 1.56. The van der Waals surface area contributed by atoms with E-state index in [1.165, 1.54) is 0 Å². The van der Waals surface area contributed by atoms with Crippen molar-refractivity contribution in [2.45, 2.75) is 6.54 Å². The lowest BCUT2D eigenvalue weighted by atomic mass is 10.2. The highest BCUT2D eigenvalue weighted by molar-refractivity contribution is 6.32. The van der Waals surface area contributed by atoms with E-state index in [9.17, 15) is 5.11 Å². The van der Waals surface area contributed by atoms with Crippen molar-refractivity contribution in [2.75, 3.05) is 12.4 Å². The number of halogens is 1. The summed E-state index contributed by atoms with van der Waals surface area (Å²) < 4.78 is 5.10. The van der Waals surface area contributed by atoms with Gasteiger partial charge in [-0.1, -0.05) is 23.7 Å². The van der Waals surface area contributed by atoms with Crippen molar-refractivity contribution >= 4 is 17.3 Å². The number of methoxy groups -OCH3 is 1. The Bertz CT molecular complexity index is 526. The van der Waals surface area contributed by atoms with E-state index in [0.717, 1.165) is 17.0 Å². The molecule has 0 radical (unpaired) electrons. The van der Waals surface area contributed by atoms with Gasteiger partial charge in [0, 0.05) is 12.2 Å². The predicted octanol–water partition coefficient (Wildman–Crippen LogP) is 3.67. The van der Waals surface area contributed by atoms with Crippen molar-refractivity contribution in [1.82, 2.24) is 0 Å². The van der Waals surface area contributed by atoms with Crippen LogP contribution in [-0.4, -0.2) is 12.2 Å². The van der Waals surface area contributed by atoms with Gasteiger partial charge >= 0.3 is 0 Å². The van der Waals surface area contributed by atoms with Gasteiger partial charge in [0.25, 0.3) is 0 Å². The number of phenolic OH excluding ortho intramolecular Hbond substituents is 1. The quantitative estimate of drug-likeness (QED) is 0.827. The van der Waals surface area contributed by atoms with Crippen LogP contribution in [0.2, 0.25) is 5.02 Å². The predicted molar refractivity (Wildman–Crippen MR) is 73.4 cm³/mol. The summed E-state index contributed by atoms with van der Waals surface area (Å²) in [5.41, 5.74) is 2.01. The first-order valence-corrected chi connectivity index (χ1v) is 5.92. The second-order valence-corrected chi connectivity index (χ2v) is 4.28. The summed E-state index contributed by atoms with van der Waals surface area (Å²) in [5, 5.41) is 12.9. The van der Waals surface area contributed by atoms with Gasteiger partial charge in [0.15, 0.2) is 0 Å². The Morgan fingerprint density at radius 2 is 1.89 bits per heavy atom. The molecule has 4 heteroatoms. The Morgan fingerprint density at radius 1 is 1.17 bits per heavy atom. The lowest BCUT2D eigenvalue weighted by Gasteiger charge is -2.08. The first-order valence-electron chi connectivity index (χ1n) is 5.54. The Morgan fingerprint density at radius 3 is 2.50 bits per heavy atom. The maximum atomic E-state index is 9.31. The van der Waals surface area contributed by atoms with Gasteiger partial charge in [-0.2, -0.15) is 0 Å². The monoisotopic (exact) mass is 263 g/mol. The number of phenols is 1. The third-order valence-corrected chi connectivity index (χ3v) is 2.91. The highest BCUT2D eigenvalue weighted by Gasteiger charge is 2.00. The average molecular weight is 264 g/mol. The van der Waals surface area contributed by atoms with Crippen molar-refractivity contribution in [2.24, 2.45) is 0 Å². The number of anilines is 1. The first-order chi connectivity index (χ1) is 8.69. The molecule has 0 aliphatic rings. The fraction of sp³-hybridized carbons (Fsp3) is 0.143. The minimum Gasteiger partial charge on any atom is -0.506 e. The minimum atomic E-state index is 0.0895. The zero-order chi connectivity index (χ0) is 13.0. The van der Waals surface area contributed by atoms with Gasteiger partial charge in [-0.25, -0.2) is 0 Å². The Kier molecular flexibility index (Phi) is 3.95. The summed E-state index contributed by atoms with van der Waals surface area (Å²) in [6, 6.07) is 12.9. The van der Waals surface area contributed by atoms with Crippen LogP contribution in [0.15, 0.2) is 42.5 Å². The molecule has 2 rings (SSSR count). The molecule has 3 nitrogen and oxygen atoms in total. The standard InChI is InChI=1S/C14H14ClNO2/c1-18-12-5-2-10(3-6-12)9-16-11-4-7-14(17)13(15)8-11/h2-8,16-17H,9H2,1H3. The number of benzene rings is 2. The zero-order valence-electron chi connectivity index (χ0n) is 9.98. The molecular formula is C14H14ClNO2. The molecule has 0 bridgehead atoms. The number of aromatic hydroxyl groups is 1. The summed E-state index contributed by atoms with van der Waals surface area (Å²) in [6.07, 6.45) is 0. The SMILES string of the molecule is COc1ccc(CNc2ccc(O)c(Cl)c2)cc1. The van der Waals surface area contributed by atoms with E-state index in [2.05, 4.69) is 5.32 Å². The van der Waals surface area contributed by atoms with E-state index >= 15 is 0 Å². The van der Waals surface area contributed by atoms with Gasteiger partial charge in [-0.05, 0) is 35.9 Å². The Labute approximate surface area is 111 Å². The number of rotatable bonds is 4. The zero-order valence-corrected chi connectivity index (χ0v) is 10.7. The van der Waals surface area contributed by atoms with Crippen LogP contribution >= 0.6 is 11.6 Å². The molecule has 0 aliphatic carbocycles. The number of nitrogens with one attached hydrogen (secondary N) is 1. The number of ether oxygens (including phenoxy) is 1. The van der Waals surface area contributed by atoms with Crippen LogP contribution in [-0.2, 0) is 6.54 Å². The molecule has 0 heterocycles. The minimum absolute atomic E-state index is 0.0895. The molecule has 0 amide bonds. The second kappa shape index (κ2) is 5.65. The van der Waals surface area contributed by atoms with Crippen molar-refractivity contribution in [3.05, 3.63) is 53.1 Å². The van der Waals surface area contributed by atoms with Gasteiger partial charge < -0.3 is 15.2 Å². The molecule has 2 aromatic carbocycles. The summed E-state index contributed by atoms with van der Waals surface area (Å²) in [6.45, 7) is 0.686. The van der Waals surface area contributed by atoms with Crippen molar-refractivity contribution < 1.29 is 9.84 Å². The molecule has 0 aliphatic heterocycles. The maximum absolute atomic E-state index is 9.31. The number of hydrogen-bond donors (Lipinski definition) is 2. The smallest absolute Gasteiger partial charge is 0.134 e. The largest absolute Gasteiger partial charge is 0.506 e. The third-order valence-electron chi connectivity index (χ3n) is 2.60. The lowest BCUT2D eigenvalue weighted by molar-refractivity contribution is 0.414. The van der Waals surface area contributed by atoms with Crippen molar-refractivity contribution in [3.8, 4) is 11.5 Å². The Balaban J connectivity index is 1.99. The normalized spacial score (nSPS) is 10.1. The first kappa shape index (κ1) is 12.6. The molecule has 2 N–H and O–H groups in total. The van der Waals surface area contributed by atoms with Gasteiger partial charge in [0.05, 0.1) is 12.1 Å². The molecule has 0 spiro atoms. The van der Waals surface area contributed by atoms with Crippen LogP contribution in [0, 0.1) is 0 Å². The van der Waals surface area contributed by atoms with E-state index in [1.807, 2.05) is 24.3 Å². The second-order valence-electron chi connectivity index (χ2n) is 3.87. The third kappa shape index (κ3) is 3.08. The molecule has 0 fully saturated rings. The fourth-order valence-corrected chi connectivity index (χ4v) is 1.74. The van der Waals surface area contributed by atoms with E-state index in [4.69, 9.17) is 16.3 Å². The van der Waals surface area contributed by atoms with E-state index in [-0.39, 0.29) is 5.75 Å². The molecule has 0 aromatic heterocycles. The van der Waals surface area contributed by atoms with E-state index in [1.54, 1.807) is 25.3 Å². The number of hydrogen-bond acceptors (Lipinski definition) is 3. The molecular weight excluding hydrogens is 250 g/mol. The van der Waals surface area contributed by atoms with Crippen molar-refractivity contribution in [1.29, 1.82) is 0 Å². The van der Waals surface area contributed by atoms with E-state index in [0.29, 0.717) is 11.6 Å². The maximum Gasteiger partial charge on any atom is 0.134 e. The summed E-state index contributed by atoms with van der Waals surface area (Å²) in [5.74, 6) is 0.929. The Hall–Kier alpha value is -1.87. The molecule has 0 atom stereocenters. The highest BCUT2D eigenvalue weighted by Crippen LogP contribution is 2.26. The molecule has 2 aromatic rings. The van der Waals surface area contributed by atoms with Gasteiger partial charge in [-0.3, -0.25) is 0 Å². The summed E-state index contributed by atoms with van der Waals surface area (Å²) in [4.78, 5) is 0. The molecule has 94 valence electrons.